The lowest BCUT2D eigenvalue weighted by Gasteiger charge is -2.60. The number of ether oxygens (including phenoxy) is 1. The predicted molar refractivity (Wildman–Crippen MR) is 130 cm³/mol. The maximum Gasteiger partial charge on any atom is 0.306 e. The zero-order valence-corrected chi connectivity index (χ0v) is 21.4. The number of fused-ring (bicyclic) bond motifs is 5. The maximum absolute atomic E-state index is 13.3. The number of hydrogen-bond donors (Lipinski definition) is 2. The summed E-state index contributed by atoms with van der Waals surface area (Å²) in [6, 6.07) is 0. The largest absolute Gasteiger partial charge is 0.458 e. The smallest absolute Gasteiger partial charge is 0.306 e. The van der Waals surface area contributed by atoms with E-state index in [1.54, 1.807) is 0 Å². The summed E-state index contributed by atoms with van der Waals surface area (Å²) in [5.41, 5.74) is -1.36. The highest BCUT2D eigenvalue weighted by molar-refractivity contribution is 5.92. The first kappa shape index (κ1) is 25.1. The van der Waals surface area contributed by atoms with Crippen LogP contribution in [-0.4, -0.2) is 46.1 Å². The number of allylic oxidation sites excluding steroid dienone is 1. The fourth-order valence-corrected chi connectivity index (χ4v) is 9.11. The molecule has 194 valence electrons. The molecule has 0 aliphatic heterocycles. The van der Waals surface area contributed by atoms with Crippen LogP contribution in [0.25, 0.3) is 0 Å². The Bertz CT molecular complexity index is 918. The molecule has 0 radical (unpaired) electrons. The van der Waals surface area contributed by atoms with E-state index in [9.17, 15) is 24.6 Å². The van der Waals surface area contributed by atoms with Gasteiger partial charge >= 0.3 is 5.97 Å². The van der Waals surface area contributed by atoms with E-state index in [2.05, 4.69) is 6.92 Å². The Kier molecular flexibility index (Phi) is 6.53. The standard InChI is InChI=1S/C29H42O6/c1-27-13-11-20(30)15-19(27)8-9-21-22-12-14-29(34,28(22,2)16-23(31)26(21)27)24(32)17-35-25(33)10-7-18-5-3-4-6-18/h15,18,21-23,26,31,34H,3-14,16-17H2,1-2H3/t21-,22-,23-,26+,27?,28?,29-/m0/s1. The van der Waals surface area contributed by atoms with Crippen molar-refractivity contribution in [2.75, 3.05) is 6.61 Å². The topological polar surface area (TPSA) is 101 Å². The van der Waals surface area contributed by atoms with Crippen molar-refractivity contribution in [3.8, 4) is 0 Å². The third-order valence-corrected chi connectivity index (χ3v) is 11.1. The second-order valence-corrected chi connectivity index (χ2v) is 12.7. The number of esters is 1. The molecule has 0 saturated heterocycles. The number of rotatable bonds is 6. The van der Waals surface area contributed by atoms with Crippen LogP contribution in [0.1, 0.15) is 97.3 Å². The molecule has 2 N–H and O–H groups in total. The molecule has 5 aliphatic rings. The maximum atomic E-state index is 13.3. The molecule has 4 fully saturated rings. The molecule has 7 atom stereocenters. The van der Waals surface area contributed by atoms with E-state index in [1.165, 1.54) is 31.3 Å². The minimum atomic E-state index is -1.59. The highest BCUT2D eigenvalue weighted by atomic mass is 16.5. The Morgan fingerprint density at radius 1 is 1.09 bits per heavy atom. The normalized spacial score (nSPS) is 43.2. The molecule has 35 heavy (non-hydrogen) atoms. The van der Waals surface area contributed by atoms with Crippen molar-refractivity contribution in [1.82, 2.24) is 0 Å². The highest BCUT2D eigenvalue weighted by Crippen LogP contribution is 2.67. The van der Waals surface area contributed by atoms with E-state index < -0.39 is 22.9 Å². The third-order valence-electron chi connectivity index (χ3n) is 11.1. The molecular weight excluding hydrogens is 444 g/mol. The van der Waals surface area contributed by atoms with Crippen molar-refractivity contribution >= 4 is 17.5 Å². The fraction of sp³-hybridized carbons (Fsp3) is 0.828. The van der Waals surface area contributed by atoms with Crippen molar-refractivity contribution in [3.63, 3.8) is 0 Å². The Hall–Kier alpha value is -1.53. The molecule has 0 bridgehead atoms. The lowest BCUT2D eigenvalue weighted by Crippen LogP contribution is -2.62. The van der Waals surface area contributed by atoms with Crippen LogP contribution in [-0.2, 0) is 19.1 Å². The first-order chi connectivity index (χ1) is 16.6. The molecule has 4 saturated carbocycles. The van der Waals surface area contributed by atoms with Crippen LogP contribution < -0.4 is 0 Å². The number of Topliss-reactive ketones (excluding diaryl/α,β-unsaturated/α-hetero) is 1. The van der Waals surface area contributed by atoms with Gasteiger partial charge in [-0.2, -0.15) is 0 Å². The minimum Gasteiger partial charge on any atom is -0.458 e. The Balaban J connectivity index is 1.28. The second kappa shape index (κ2) is 9.09. The van der Waals surface area contributed by atoms with Crippen LogP contribution in [0.2, 0.25) is 0 Å². The molecule has 0 amide bonds. The fourth-order valence-electron chi connectivity index (χ4n) is 9.11. The number of aliphatic hydroxyl groups excluding tert-OH is 1. The molecule has 0 heterocycles. The summed E-state index contributed by atoms with van der Waals surface area (Å²) >= 11 is 0. The number of carbonyl (C=O) groups excluding carboxylic acids is 3. The van der Waals surface area contributed by atoms with Gasteiger partial charge in [-0.1, -0.05) is 45.1 Å². The molecule has 0 aromatic rings. The van der Waals surface area contributed by atoms with Gasteiger partial charge in [-0.3, -0.25) is 14.4 Å². The number of carbonyl (C=O) groups is 3. The lowest BCUT2D eigenvalue weighted by atomic mass is 9.45. The first-order valence-corrected chi connectivity index (χ1v) is 13.9. The van der Waals surface area contributed by atoms with Crippen molar-refractivity contribution in [1.29, 1.82) is 0 Å². The summed E-state index contributed by atoms with van der Waals surface area (Å²) in [5.74, 6) is 0.360. The summed E-state index contributed by atoms with van der Waals surface area (Å²) in [7, 11) is 0. The number of aliphatic hydroxyl groups is 2. The van der Waals surface area contributed by atoms with Gasteiger partial charge in [-0.15, -0.1) is 0 Å². The van der Waals surface area contributed by atoms with E-state index in [0.717, 1.165) is 32.1 Å². The van der Waals surface area contributed by atoms with E-state index in [0.29, 0.717) is 31.6 Å². The van der Waals surface area contributed by atoms with Gasteiger partial charge in [0.05, 0.1) is 6.10 Å². The van der Waals surface area contributed by atoms with Crippen molar-refractivity contribution < 1.29 is 29.3 Å². The first-order valence-electron chi connectivity index (χ1n) is 13.9. The van der Waals surface area contributed by atoms with Crippen LogP contribution in [0.15, 0.2) is 11.6 Å². The van der Waals surface area contributed by atoms with Gasteiger partial charge < -0.3 is 14.9 Å². The van der Waals surface area contributed by atoms with Gasteiger partial charge in [0, 0.05) is 18.3 Å². The molecule has 2 unspecified atom stereocenters. The average molecular weight is 487 g/mol. The third kappa shape index (κ3) is 4.03. The molecule has 0 aromatic heterocycles. The van der Waals surface area contributed by atoms with Gasteiger partial charge in [0.25, 0.3) is 0 Å². The highest BCUT2D eigenvalue weighted by Gasteiger charge is 2.68. The van der Waals surface area contributed by atoms with Crippen molar-refractivity contribution in [2.45, 2.75) is 109 Å². The van der Waals surface area contributed by atoms with Crippen molar-refractivity contribution in [3.05, 3.63) is 11.6 Å². The lowest BCUT2D eigenvalue weighted by molar-refractivity contribution is -0.184. The average Bonchev–Trinajstić information content (AvgIpc) is 3.43. The minimum absolute atomic E-state index is 0.0412. The van der Waals surface area contributed by atoms with Crippen LogP contribution in [0, 0.1) is 34.5 Å². The predicted octanol–water partition coefficient (Wildman–Crippen LogP) is 4.30. The summed E-state index contributed by atoms with van der Waals surface area (Å²) in [5, 5.41) is 23.2. The van der Waals surface area contributed by atoms with Crippen LogP contribution >= 0.6 is 0 Å². The van der Waals surface area contributed by atoms with Gasteiger partial charge in [0.15, 0.2) is 12.4 Å². The Labute approximate surface area is 208 Å². The second-order valence-electron chi connectivity index (χ2n) is 12.7. The van der Waals surface area contributed by atoms with Gasteiger partial charge in [-0.25, -0.2) is 0 Å². The summed E-state index contributed by atoms with van der Waals surface area (Å²) in [4.78, 5) is 37.7. The summed E-state index contributed by atoms with van der Waals surface area (Å²) < 4.78 is 5.35. The molecular formula is C29H42O6. The molecule has 0 spiro atoms. The van der Waals surface area contributed by atoms with E-state index >= 15 is 0 Å². The molecule has 5 rings (SSSR count). The van der Waals surface area contributed by atoms with E-state index in [-0.39, 0.29) is 41.5 Å². The zero-order valence-electron chi connectivity index (χ0n) is 21.4. The summed E-state index contributed by atoms with van der Waals surface area (Å²) in [6.45, 7) is 3.77. The monoisotopic (exact) mass is 486 g/mol. The SMILES string of the molecule is CC12CCC(=O)C=C1CC[C@@H]1[C@@H]2[C@@H](O)CC2(C)[C@H]1CC[C@]2(O)C(=O)COC(=O)CCC1CCCC1. The molecule has 0 aromatic carbocycles. The number of ketones is 2. The van der Waals surface area contributed by atoms with Crippen LogP contribution in [0.5, 0.6) is 0 Å². The van der Waals surface area contributed by atoms with Crippen LogP contribution in [0.4, 0.5) is 0 Å². The van der Waals surface area contributed by atoms with Crippen LogP contribution in [0.3, 0.4) is 0 Å². The summed E-state index contributed by atoms with van der Waals surface area (Å²) in [6.07, 6.45) is 11.5. The van der Waals surface area contributed by atoms with Gasteiger partial charge in [-0.05, 0) is 80.1 Å². The van der Waals surface area contributed by atoms with E-state index in [4.69, 9.17) is 4.74 Å². The van der Waals surface area contributed by atoms with E-state index in [1.807, 2.05) is 13.0 Å². The Morgan fingerprint density at radius 3 is 2.57 bits per heavy atom. The van der Waals surface area contributed by atoms with Gasteiger partial charge in [0.1, 0.15) is 5.60 Å². The zero-order chi connectivity index (χ0) is 25.0. The molecule has 6 nitrogen and oxygen atoms in total. The number of hydrogen-bond acceptors (Lipinski definition) is 6. The molecule has 6 heteroatoms. The van der Waals surface area contributed by atoms with Gasteiger partial charge in [0.2, 0.25) is 5.78 Å². The quantitative estimate of drug-likeness (QED) is 0.543. The molecule has 5 aliphatic carbocycles. The van der Waals surface area contributed by atoms with Crippen molar-refractivity contribution in [2.24, 2.45) is 34.5 Å². The Morgan fingerprint density at radius 2 is 1.83 bits per heavy atom.